The number of piperidine rings is 1. The molecule has 0 bridgehead atoms. The van der Waals surface area contributed by atoms with Gasteiger partial charge in [0.15, 0.2) is 14.6 Å². The third kappa shape index (κ3) is 3.30. The highest BCUT2D eigenvalue weighted by atomic mass is 32.2. The first kappa shape index (κ1) is 16.9. The highest BCUT2D eigenvalue weighted by Crippen LogP contribution is 2.30. The van der Waals surface area contributed by atoms with Crippen LogP contribution in [-0.2, 0) is 21.2 Å². The van der Waals surface area contributed by atoms with Crippen molar-refractivity contribution in [1.29, 1.82) is 0 Å². The number of sulfone groups is 1. The van der Waals surface area contributed by atoms with Gasteiger partial charge in [0.2, 0.25) is 5.91 Å². The molecule has 1 amide bonds. The maximum atomic E-state index is 13.2. The summed E-state index contributed by atoms with van der Waals surface area (Å²) in [6, 6.07) is 5.96. The number of hydrogen-bond acceptors (Lipinski definition) is 4. The van der Waals surface area contributed by atoms with Crippen molar-refractivity contribution in [3.05, 3.63) is 35.6 Å². The molecule has 1 N–H and O–H groups in total. The molecule has 1 aromatic rings. The maximum Gasteiger partial charge on any atom is 0.244 e. The molecule has 1 saturated heterocycles. The average Bonchev–Trinajstić information content (AvgIpc) is 2.46. The van der Waals surface area contributed by atoms with E-state index in [2.05, 4.69) is 5.32 Å². The monoisotopic (exact) mass is 328 g/mol. The molecule has 1 fully saturated rings. The van der Waals surface area contributed by atoms with Crippen LogP contribution in [0.4, 0.5) is 4.39 Å². The molecule has 1 aliphatic heterocycles. The Morgan fingerprint density at radius 3 is 2.55 bits per heavy atom. The Morgan fingerprint density at radius 1 is 1.36 bits per heavy atom. The van der Waals surface area contributed by atoms with Gasteiger partial charge in [-0.25, -0.2) is 12.8 Å². The number of halogens is 1. The minimum atomic E-state index is -3.54. The normalized spacial score (nSPS) is 18.0. The number of nitrogens with zero attached hydrogens (tertiary/aromatic N) is 1. The fourth-order valence-corrected chi connectivity index (χ4v) is 4.32. The zero-order valence-electron chi connectivity index (χ0n) is 12.8. The second kappa shape index (κ2) is 6.34. The quantitative estimate of drug-likeness (QED) is 0.894. The fourth-order valence-electron chi connectivity index (χ4n) is 2.90. The van der Waals surface area contributed by atoms with E-state index in [0.717, 1.165) is 6.26 Å². The summed E-state index contributed by atoms with van der Waals surface area (Å²) >= 11 is 0. The van der Waals surface area contributed by atoms with Crippen LogP contribution in [0.5, 0.6) is 0 Å². The molecule has 0 saturated carbocycles. The van der Waals surface area contributed by atoms with E-state index in [1.165, 1.54) is 17.0 Å². The Morgan fingerprint density at radius 2 is 2.00 bits per heavy atom. The Labute approximate surface area is 130 Å². The van der Waals surface area contributed by atoms with E-state index in [1.807, 2.05) is 0 Å². The number of benzene rings is 1. The number of carbonyl (C=O) groups is 1. The summed E-state index contributed by atoms with van der Waals surface area (Å²) in [6.45, 7) is 1.17. The molecule has 2 rings (SSSR count). The minimum Gasteiger partial charge on any atom is -0.340 e. The van der Waals surface area contributed by atoms with Gasteiger partial charge in [-0.1, -0.05) is 12.1 Å². The fraction of sp³-hybridized carbons (Fsp3) is 0.533. The Balaban J connectivity index is 2.23. The summed E-state index contributed by atoms with van der Waals surface area (Å²) in [5.41, 5.74) is 0.633. The van der Waals surface area contributed by atoms with Gasteiger partial charge in [-0.3, -0.25) is 4.79 Å². The number of nitrogens with one attached hydrogen (secondary N) is 1. The Hall–Kier alpha value is -1.47. The molecule has 7 heteroatoms. The number of hydrogen-bond donors (Lipinski definition) is 1. The third-order valence-corrected chi connectivity index (χ3v) is 6.17. The van der Waals surface area contributed by atoms with Crippen LogP contribution < -0.4 is 5.32 Å². The average molecular weight is 328 g/mol. The van der Waals surface area contributed by atoms with Gasteiger partial charge < -0.3 is 10.2 Å². The molecule has 0 spiro atoms. The van der Waals surface area contributed by atoms with Gasteiger partial charge in [-0.2, -0.15) is 0 Å². The van der Waals surface area contributed by atoms with Gasteiger partial charge in [0.05, 0.1) is 0 Å². The third-order valence-electron chi connectivity index (χ3n) is 4.17. The van der Waals surface area contributed by atoms with E-state index in [1.54, 1.807) is 19.2 Å². The van der Waals surface area contributed by atoms with Crippen molar-refractivity contribution in [2.24, 2.45) is 0 Å². The summed E-state index contributed by atoms with van der Waals surface area (Å²) < 4.78 is 36.3. The number of carbonyl (C=O) groups excluding carboxylic acids is 1. The van der Waals surface area contributed by atoms with Crippen LogP contribution in [-0.4, -0.2) is 50.4 Å². The van der Waals surface area contributed by atoms with Gasteiger partial charge in [-0.15, -0.1) is 0 Å². The molecule has 122 valence electrons. The van der Waals surface area contributed by atoms with Crippen LogP contribution >= 0.6 is 0 Å². The molecule has 1 heterocycles. The molecule has 0 aliphatic carbocycles. The summed E-state index contributed by atoms with van der Waals surface area (Å²) in [5.74, 6) is -0.793. The smallest absolute Gasteiger partial charge is 0.244 e. The molecule has 0 radical (unpaired) electrons. The minimum absolute atomic E-state index is 0.182. The zero-order chi connectivity index (χ0) is 16.4. The lowest BCUT2D eigenvalue weighted by atomic mass is 9.95. The van der Waals surface area contributed by atoms with Crippen LogP contribution in [0, 0.1) is 5.82 Å². The second-order valence-electron chi connectivity index (χ2n) is 5.81. The topological polar surface area (TPSA) is 66.5 Å². The lowest BCUT2D eigenvalue weighted by Gasteiger charge is -2.37. The molecule has 1 aromatic carbocycles. The van der Waals surface area contributed by atoms with Crippen molar-refractivity contribution in [1.82, 2.24) is 10.2 Å². The van der Waals surface area contributed by atoms with Crippen LogP contribution in [0.2, 0.25) is 0 Å². The van der Waals surface area contributed by atoms with E-state index >= 15 is 0 Å². The predicted octanol–water partition coefficient (Wildman–Crippen LogP) is 0.951. The SMILES string of the molecule is CN(Cc1cccc(F)c1)C(=O)C1(S(C)(=O)=O)CCNCC1. The van der Waals surface area contributed by atoms with Crippen molar-refractivity contribution >= 4 is 15.7 Å². The summed E-state index contributed by atoms with van der Waals surface area (Å²) in [7, 11) is -1.98. The summed E-state index contributed by atoms with van der Waals surface area (Å²) in [6.07, 6.45) is 1.64. The van der Waals surface area contributed by atoms with Crippen molar-refractivity contribution < 1.29 is 17.6 Å². The van der Waals surface area contributed by atoms with Crippen molar-refractivity contribution in [2.45, 2.75) is 24.1 Å². The second-order valence-corrected chi connectivity index (χ2v) is 8.13. The molecule has 0 unspecified atom stereocenters. The standard InChI is InChI=1S/C15H21FN2O3S/c1-18(11-12-4-3-5-13(16)10-12)14(19)15(22(2,20)21)6-8-17-9-7-15/h3-5,10,17H,6-9,11H2,1-2H3. The number of amides is 1. The largest absolute Gasteiger partial charge is 0.340 e. The van der Waals surface area contributed by atoms with Gasteiger partial charge >= 0.3 is 0 Å². The van der Waals surface area contributed by atoms with Crippen LogP contribution in [0.3, 0.4) is 0 Å². The Bertz CT molecular complexity index is 655. The van der Waals surface area contributed by atoms with Gasteiger partial charge in [0, 0.05) is 19.8 Å². The van der Waals surface area contributed by atoms with Crippen molar-refractivity contribution in [3.63, 3.8) is 0 Å². The van der Waals surface area contributed by atoms with Gasteiger partial charge in [0.1, 0.15) is 5.82 Å². The lowest BCUT2D eigenvalue weighted by molar-refractivity contribution is -0.134. The lowest BCUT2D eigenvalue weighted by Crippen LogP contribution is -2.57. The highest BCUT2D eigenvalue weighted by molar-refractivity contribution is 7.92. The molecule has 0 atom stereocenters. The molecule has 0 aromatic heterocycles. The molecule has 1 aliphatic rings. The first-order chi connectivity index (χ1) is 10.3. The van der Waals surface area contributed by atoms with E-state index in [-0.39, 0.29) is 25.2 Å². The van der Waals surface area contributed by atoms with Gasteiger partial charge in [0.25, 0.3) is 0 Å². The van der Waals surface area contributed by atoms with Crippen molar-refractivity contribution in [2.75, 3.05) is 26.4 Å². The van der Waals surface area contributed by atoms with E-state index in [0.29, 0.717) is 18.7 Å². The Kier molecular flexibility index (Phi) is 4.87. The molecular formula is C15H21FN2O3S. The van der Waals surface area contributed by atoms with Crippen molar-refractivity contribution in [3.8, 4) is 0 Å². The number of rotatable bonds is 4. The van der Waals surface area contributed by atoms with E-state index in [9.17, 15) is 17.6 Å². The molecule has 5 nitrogen and oxygen atoms in total. The first-order valence-electron chi connectivity index (χ1n) is 7.16. The van der Waals surface area contributed by atoms with Crippen LogP contribution in [0.25, 0.3) is 0 Å². The van der Waals surface area contributed by atoms with E-state index < -0.39 is 20.5 Å². The molecule has 22 heavy (non-hydrogen) atoms. The van der Waals surface area contributed by atoms with Crippen LogP contribution in [0.15, 0.2) is 24.3 Å². The summed E-state index contributed by atoms with van der Waals surface area (Å²) in [5, 5.41) is 3.08. The first-order valence-corrected chi connectivity index (χ1v) is 9.06. The molecular weight excluding hydrogens is 307 g/mol. The van der Waals surface area contributed by atoms with E-state index in [4.69, 9.17) is 0 Å². The maximum absolute atomic E-state index is 13.2. The highest BCUT2D eigenvalue weighted by Gasteiger charge is 2.49. The van der Waals surface area contributed by atoms with Gasteiger partial charge in [-0.05, 0) is 43.6 Å². The predicted molar refractivity (Wildman–Crippen MR) is 82.6 cm³/mol. The summed E-state index contributed by atoms with van der Waals surface area (Å²) in [4.78, 5) is 14.2. The zero-order valence-corrected chi connectivity index (χ0v) is 13.6. The van der Waals surface area contributed by atoms with Crippen LogP contribution in [0.1, 0.15) is 18.4 Å².